The molecule has 0 spiro atoms. The smallest absolute Gasteiger partial charge is 0.220 e. The number of carbonyl (C=O) groups excluding carboxylic acids is 1. The molecular weight excluding hydrogens is 311 g/mol. The maximum absolute atomic E-state index is 11.5. The number of anilines is 1. The number of hydrogen-bond acceptors (Lipinski definition) is 4. The fourth-order valence-corrected chi connectivity index (χ4v) is 2.24. The third-order valence-electron chi connectivity index (χ3n) is 3.34. The minimum atomic E-state index is 0. The molecule has 0 bridgehead atoms. The number of nitrogens with two attached hydrogens (primary N) is 1. The lowest BCUT2D eigenvalue weighted by atomic mass is 10.2. The van der Waals surface area contributed by atoms with Gasteiger partial charge in [0.05, 0.1) is 0 Å². The van der Waals surface area contributed by atoms with Crippen LogP contribution in [0.5, 0.6) is 0 Å². The summed E-state index contributed by atoms with van der Waals surface area (Å²) in [6, 6.07) is 4.01. The monoisotopic (exact) mass is 334 g/mol. The highest BCUT2D eigenvalue weighted by Crippen LogP contribution is 2.18. The maximum Gasteiger partial charge on any atom is 0.220 e. The first-order valence-corrected chi connectivity index (χ1v) is 6.96. The predicted octanol–water partition coefficient (Wildman–Crippen LogP) is 1.88. The highest BCUT2D eigenvalue weighted by atomic mass is 35.5. The minimum absolute atomic E-state index is 0. The fourth-order valence-electron chi connectivity index (χ4n) is 2.24. The van der Waals surface area contributed by atoms with Gasteiger partial charge in [0.2, 0.25) is 5.91 Å². The number of halogens is 2. The fraction of sp³-hybridized carbons (Fsp3) is 0.571. The SMILES string of the molecule is Cl.Cl.NCCCC(=O)NCc1ccnc(N2CCCC2)c1. The molecule has 1 aromatic heterocycles. The van der Waals surface area contributed by atoms with Crippen molar-refractivity contribution in [1.29, 1.82) is 0 Å². The Morgan fingerprint density at radius 3 is 2.71 bits per heavy atom. The van der Waals surface area contributed by atoms with Crippen LogP contribution in [-0.2, 0) is 11.3 Å². The molecule has 5 nitrogen and oxygen atoms in total. The van der Waals surface area contributed by atoms with Gasteiger partial charge >= 0.3 is 0 Å². The normalized spacial score (nSPS) is 13.3. The van der Waals surface area contributed by atoms with E-state index in [0.717, 1.165) is 30.9 Å². The van der Waals surface area contributed by atoms with Crippen molar-refractivity contribution in [2.24, 2.45) is 5.73 Å². The molecule has 0 aromatic carbocycles. The number of nitrogens with zero attached hydrogens (tertiary/aromatic N) is 2. The largest absolute Gasteiger partial charge is 0.357 e. The Morgan fingerprint density at radius 2 is 2.05 bits per heavy atom. The van der Waals surface area contributed by atoms with Gasteiger partial charge in [0.15, 0.2) is 0 Å². The molecule has 1 aliphatic rings. The highest BCUT2D eigenvalue weighted by molar-refractivity contribution is 5.85. The number of carbonyl (C=O) groups is 1. The lowest BCUT2D eigenvalue weighted by Crippen LogP contribution is -2.24. The third-order valence-corrected chi connectivity index (χ3v) is 3.34. The molecular formula is C14H24Cl2N4O. The van der Waals surface area contributed by atoms with E-state index in [2.05, 4.69) is 21.3 Å². The number of rotatable bonds is 6. The van der Waals surface area contributed by atoms with Crippen LogP contribution in [0.1, 0.15) is 31.2 Å². The summed E-state index contributed by atoms with van der Waals surface area (Å²) in [6.07, 6.45) is 5.53. The summed E-state index contributed by atoms with van der Waals surface area (Å²) in [6.45, 7) is 3.28. The van der Waals surface area contributed by atoms with Gasteiger partial charge in [-0.3, -0.25) is 4.79 Å². The number of aromatic nitrogens is 1. The summed E-state index contributed by atoms with van der Waals surface area (Å²) in [7, 11) is 0. The highest BCUT2D eigenvalue weighted by Gasteiger charge is 2.13. The van der Waals surface area contributed by atoms with E-state index in [-0.39, 0.29) is 30.7 Å². The average molecular weight is 335 g/mol. The first kappa shape index (κ1) is 20.0. The molecule has 2 rings (SSSR count). The summed E-state index contributed by atoms with van der Waals surface area (Å²) in [5, 5.41) is 2.91. The van der Waals surface area contributed by atoms with Crippen molar-refractivity contribution in [3.05, 3.63) is 23.9 Å². The van der Waals surface area contributed by atoms with E-state index >= 15 is 0 Å². The zero-order valence-corrected chi connectivity index (χ0v) is 13.7. The number of amides is 1. The first-order valence-electron chi connectivity index (χ1n) is 6.96. The summed E-state index contributed by atoms with van der Waals surface area (Å²) in [4.78, 5) is 18.2. The van der Waals surface area contributed by atoms with Crippen molar-refractivity contribution in [3.63, 3.8) is 0 Å². The zero-order chi connectivity index (χ0) is 13.5. The van der Waals surface area contributed by atoms with Gasteiger partial charge < -0.3 is 16.0 Å². The van der Waals surface area contributed by atoms with Crippen LogP contribution in [0.4, 0.5) is 5.82 Å². The van der Waals surface area contributed by atoms with Crippen LogP contribution >= 0.6 is 24.8 Å². The molecule has 0 atom stereocenters. The Balaban J connectivity index is 0.00000200. The number of nitrogens with one attached hydrogen (secondary N) is 1. The molecule has 1 aliphatic heterocycles. The van der Waals surface area contributed by atoms with Crippen LogP contribution in [0, 0.1) is 0 Å². The van der Waals surface area contributed by atoms with Gasteiger partial charge in [0, 0.05) is 32.3 Å². The van der Waals surface area contributed by atoms with Crippen molar-refractivity contribution in [2.45, 2.75) is 32.2 Å². The van der Waals surface area contributed by atoms with E-state index in [0.29, 0.717) is 19.5 Å². The van der Waals surface area contributed by atoms with Gasteiger partial charge in [-0.2, -0.15) is 0 Å². The van der Waals surface area contributed by atoms with Crippen LogP contribution in [0.2, 0.25) is 0 Å². The van der Waals surface area contributed by atoms with Gasteiger partial charge in [-0.1, -0.05) is 0 Å². The molecule has 1 amide bonds. The van der Waals surface area contributed by atoms with Crippen molar-refractivity contribution in [3.8, 4) is 0 Å². The second kappa shape index (κ2) is 10.7. The van der Waals surface area contributed by atoms with Gasteiger partial charge in [-0.25, -0.2) is 4.98 Å². The Morgan fingerprint density at radius 1 is 1.33 bits per heavy atom. The molecule has 1 saturated heterocycles. The molecule has 0 aliphatic carbocycles. The topological polar surface area (TPSA) is 71.2 Å². The van der Waals surface area contributed by atoms with Crippen molar-refractivity contribution >= 4 is 36.5 Å². The van der Waals surface area contributed by atoms with E-state index in [9.17, 15) is 4.79 Å². The second-order valence-electron chi connectivity index (χ2n) is 4.89. The molecule has 3 N–H and O–H groups in total. The van der Waals surface area contributed by atoms with E-state index in [1.165, 1.54) is 12.8 Å². The van der Waals surface area contributed by atoms with E-state index in [1.807, 2.05) is 12.3 Å². The van der Waals surface area contributed by atoms with Crippen LogP contribution in [0.15, 0.2) is 18.3 Å². The molecule has 0 radical (unpaired) electrons. The Bertz CT molecular complexity index is 425. The van der Waals surface area contributed by atoms with Gasteiger partial charge in [-0.05, 0) is 43.5 Å². The molecule has 21 heavy (non-hydrogen) atoms. The van der Waals surface area contributed by atoms with Crippen LogP contribution in [0.25, 0.3) is 0 Å². The number of hydrogen-bond donors (Lipinski definition) is 2. The van der Waals surface area contributed by atoms with Gasteiger partial charge in [-0.15, -0.1) is 24.8 Å². The first-order chi connectivity index (χ1) is 9.29. The molecule has 1 aromatic rings. The molecule has 2 heterocycles. The average Bonchev–Trinajstić information content (AvgIpc) is 2.97. The quantitative estimate of drug-likeness (QED) is 0.833. The third kappa shape index (κ3) is 6.50. The zero-order valence-electron chi connectivity index (χ0n) is 12.1. The van der Waals surface area contributed by atoms with Crippen LogP contribution < -0.4 is 16.0 Å². The summed E-state index contributed by atoms with van der Waals surface area (Å²) in [5.41, 5.74) is 6.48. The van der Waals surface area contributed by atoms with Crippen molar-refractivity contribution in [1.82, 2.24) is 10.3 Å². The van der Waals surface area contributed by atoms with E-state index in [4.69, 9.17) is 5.73 Å². The predicted molar refractivity (Wildman–Crippen MR) is 90.3 cm³/mol. The van der Waals surface area contributed by atoms with Gasteiger partial charge in [0.1, 0.15) is 5.82 Å². The molecule has 0 saturated carbocycles. The van der Waals surface area contributed by atoms with E-state index in [1.54, 1.807) is 0 Å². The molecule has 7 heteroatoms. The lowest BCUT2D eigenvalue weighted by molar-refractivity contribution is -0.121. The molecule has 120 valence electrons. The van der Waals surface area contributed by atoms with Crippen molar-refractivity contribution < 1.29 is 4.79 Å². The van der Waals surface area contributed by atoms with Crippen LogP contribution in [-0.4, -0.2) is 30.5 Å². The maximum atomic E-state index is 11.5. The summed E-state index contributed by atoms with van der Waals surface area (Å²) < 4.78 is 0. The standard InChI is InChI=1S/C14H22N4O.2ClH/c15-6-3-4-14(19)17-11-12-5-7-16-13(10-12)18-8-1-2-9-18;;/h5,7,10H,1-4,6,8-9,11,15H2,(H,17,19);2*1H. The molecule has 0 unspecified atom stereocenters. The summed E-state index contributed by atoms with van der Waals surface area (Å²) >= 11 is 0. The summed E-state index contributed by atoms with van der Waals surface area (Å²) in [5.74, 6) is 1.08. The minimum Gasteiger partial charge on any atom is -0.357 e. The Hall–Kier alpha value is -1.04. The van der Waals surface area contributed by atoms with Gasteiger partial charge in [0.25, 0.3) is 0 Å². The number of pyridine rings is 1. The van der Waals surface area contributed by atoms with Crippen LogP contribution in [0.3, 0.4) is 0 Å². The molecule has 1 fully saturated rings. The van der Waals surface area contributed by atoms with E-state index < -0.39 is 0 Å². The lowest BCUT2D eigenvalue weighted by Gasteiger charge is -2.17. The van der Waals surface area contributed by atoms with Crippen molar-refractivity contribution in [2.75, 3.05) is 24.5 Å². The Kier molecular flexibility index (Phi) is 10.1. The Labute approximate surface area is 138 Å². The second-order valence-corrected chi connectivity index (χ2v) is 4.89.